The van der Waals surface area contributed by atoms with Gasteiger partial charge in [-0.2, -0.15) is 0 Å². The SMILES string of the molecule is CC1(C)CC(CNc2cc(CC3(C)CC(CNc4ccnc(-c5cc(NC(=O)[C@@H]6CCCNC6)ncc5Cl)c4)CCO3)nc(-c3cc(NC(=O)[C@@H]4CCNC4)ncc3Cl)c2)CCO1. The molecule has 4 aliphatic rings. The van der Waals surface area contributed by atoms with E-state index in [4.69, 9.17) is 37.7 Å². The quantitative estimate of drug-likeness (QED) is 0.0724. The van der Waals surface area contributed by atoms with Gasteiger partial charge in [0.05, 0.1) is 44.5 Å². The minimum atomic E-state index is -0.475. The number of carbonyl (C=O) groups excluding carboxylic acids is 2. The molecule has 4 aromatic rings. The minimum absolute atomic E-state index is 0.0450. The Labute approximate surface area is 380 Å². The summed E-state index contributed by atoms with van der Waals surface area (Å²) in [6, 6.07) is 11.7. The van der Waals surface area contributed by atoms with Crippen LogP contribution < -0.4 is 31.9 Å². The van der Waals surface area contributed by atoms with E-state index in [1.807, 2.05) is 24.3 Å². The van der Waals surface area contributed by atoms with Crippen LogP contribution in [0.1, 0.15) is 71.4 Å². The van der Waals surface area contributed by atoms with Crippen molar-refractivity contribution in [2.45, 2.75) is 83.3 Å². The van der Waals surface area contributed by atoms with E-state index < -0.39 is 5.60 Å². The Hall–Kier alpha value is -4.44. The van der Waals surface area contributed by atoms with E-state index in [9.17, 15) is 9.59 Å². The molecule has 5 atom stereocenters. The Balaban J connectivity index is 0.959. The zero-order valence-corrected chi connectivity index (χ0v) is 38.0. The summed E-state index contributed by atoms with van der Waals surface area (Å²) in [5.74, 6) is 1.40. The normalized spacial score (nSPS) is 24.7. The fraction of sp³-hybridized carbons (Fsp3) is 0.532. The molecule has 63 heavy (non-hydrogen) atoms. The molecular formula is C47H60Cl2N10O4. The van der Waals surface area contributed by atoms with Crippen LogP contribution in [0.2, 0.25) is 10.0 Å². The van der Waals surface area contributed by atoms with E-state index >= 15 is 0 Å². The van der Waals surface area contributed by atoms with Crippen LogP contribution in [0.4, 0.5) is 23.0 Å². The number of nitrogens with one attached hydrogen (secondary N) is 6. The summed E-state index contributed by atoms with van der Waals surface area (Å²) in [5, 5.41) is 20.8. The number of halogens is 2. The third kappa shape index (κ3) is 12.0. The van der Waals surface area contributed by atoms with Crippen LogP contribution in [-0.4, -0.2) is 95.4 Å². The lowest BCUT2D eigenvalue weighted by Crippen LogP contribution is -2.41. The van der Waals surface area contributed by atoms with Gasteiger partial charge < -0.3 is 41.4 Å². The number of aromatic nitrogens is 4. The molecule has 8 rings (SSSR count). The van der Waals surface area contributed by atoms with Gasteiger partial charge in [0.2, 0.25) is 11.8 Å². The fourth-order valence-corrected chi connectivity index (χ4v) is 9.80. The number of hydrogen-bond donors (Lipinski definition) is 6. The molecular weight excluding hydrogens is 839 g/mol. The lowest BCUT2D eigenvalue weighted by molar-refractivity contribution is -0.120. The van der Waals surface area contributed by atoms with Crippen molar-refractivity contribution >= 4 is 58.0 Å². The van der Waals surface area contributed by atoms with Crippen LogP contribution in [-0.2, 0) is 25.5 Å². The molecule has 8 heterocycles. The van der Waals surface area contributed by atoms with Crippen LogP contribution in [0.25, 0.3) is 22.5 Å². The number of carbonyl (C=O) groups is 2. The van der Waals surface area contributed by atoms with Gasteiger partial charge in [-0.05, 0) is 127 Å². The molecule has 6 N–H and O–H groups in total. The van der Waals surface area contributed by atoms with Gasteiger partial charge in [0.15, 0.2) is 0 Å². The minimum Gasteiger partial charge on any atom is -0.385 e. The second kappa shape index (κ2) is 20.2. The Bertz CT molecular complexity index is 2250. The molecule has 2 amide bonds. The lowest BCUT2D eigenvalue weighted by Gasteiger charge is -2.38. The zero-order chi connectivity index (χ0) is 44.0. The van der Waals surface area contributed by atoms with Crippen molar-refractivity contribution < 1.29 is 19.1 Å². The third-order valence-electron chi connectivity index (χ3n) is 12.7. The number of anilines is 4. The van der Waals surface area contributed by atoms with Crippen LogP contribution in [0.15, 0.2) is 55.0 Å². The van der Waals surface area contributed by atoms with Crippen molar-refractivity contribution in [3.63, 3.8) is 0 Å². The van der Waals surface area contributed by atoms with Gasteiger partial charge in [-0.15, -0.1) is 0 Å². The van der Waals surface area contributed by atoms with E-state index in [1.165, 1.54) is 0 Å². The highest BCUT2D eigenvalue weighted by atomic mass is 35.5. The molecule has 0 bridgehead atoms. The van der Waals surface area contributed by atoms with Gasteiger partial charge in [-0.1, -0.05) is 23.2 Å². The Morgan fingerprint density at radius 2 is 1.35 bits per heavy atom. The van der Waals surface area contributed by atoms with Crippen LogP contribution in [0, 0.1) is 23.7 Å². The van der Waals surface area contributed by atoms with Gasteiger partial charge in [0, 0.05) is 92.6 Å². The first-order valence-corrected chi connectivity index (χ1v) is 23.2. The molecule has 4 aliphatic heterocycles. The number of piperidine rings is 1. The van der Waals surface area contributed by atoms with Gasteiger partial charge in [-0.3, -0.25) is 19.6 Å². The number of hydrogen-bond acceptors (Lipinski definition) is 12. The molecule has 3 unspecified atom stereocenters. The van der Waals surface area contributed by atoms with E-state index in [2.05, 4.69) is 73.7 Å². The van der Waals surface area contributed by atoms with E-state index in [1.54, 1.807) is 24.7 Å². The number of ether oxygens (including phenoxy) is 2. The number of nitrogens with zero attached hydrogens (tertiary/aromatic N) is 4. The summed E-state index contributed by atoms with van der Waals surface area (Å²) in [4.78, 5) is 44.6. The van der Waals surface area contributed by atoms with Crippen LogP contribution in [0.3, 0.4) is 0 Å². The summed E-state index contributed by atoms with van der Waals surface area (Å²) in [7, 11) is 0. The van der Waals surface area contributed by atoms with Crippen molar-refractivity contribution in [3.8, 4) is 22.5 Å². The average molecular weight is 900 g/mol. The monoisotopic (exact) mass is 898 g/mol. The van der Waals surface area contributed by atoms with Crippen LogP contribution >= 0.6 is 23.2 Å². The van der Waals surface area contributed by atoms with Gasteiger partial charge in [-0.25, -0.2) is 9.97 Å². The summed E-state index contributed by atoms with van der Waals surface area (Å²) >= 11 is 13.5. The maximum atomic E-state index is 13.0. The average Bonchev–Trinajstić information content (AvgIpc) is 3.82. The van der Waals surface area contributed by atoms with Crippen molar-refractivity contribution in [2.75, 3.05) is 73.7 Å². The first kappa shape index (κ1) is 45.1. The number of rotatable bonds is 14. The van der Waals surface area contributed by atoms with Crippen molar-refractivity contribution in [3.05, 3.63) is 70.7 Å². The van der Waals surface area contributed by atoms with Crippen LogP contribution in [0.5, 0.6) is 0 Å². The van der Waals surface area contributed by atoms with Gasteiger partial charge in [0.25, 0.3) is 0 Å². The molecule has 0 aliphatic carbocycles. The molecule has 0 radical (unpaired) electrons. The smallest absolute Gasteiger partial charge is 0.229 e. The molecule has 4 saturated heterocycles. The van der Waals surface area contributed by atoms with E-state index in [0.717, 1.165) is 94.8 Å². The fourth-order valence-electron chi connectivity index (χ4n) is 9.40. The predicted molar refractivity (Wildman–Crippen MR) is 249 cm³/mol. The molecule has 0 spiro atoms. The Kier molecular flexibility index (Phi) is 14.4. The molecule has 14 nitrogen and oxygen atoms in total. The predicted octanol–water partition coefficient (Wildman–Crippen LogP) is 7.85. The van der Waals surface area contributed by atoms with Gasteiger partial charge in [0.1, 0.15) is 11.6 Å². The lowest BCUT2D eigenvalue weighted by atomic mass is 9.83. The topological polar surface area (TPSA) is 176 Å². The number of pyridine rings is 4. The first-order valence-electron chi connectivity index (χ1n) is 22.4. The standard InChI is InChI=1S/C47H60Cl2N10O4/c1-46(2)20-29(8-13-62-46)23-54-34-15-35(57-41(17-34)37-19-43(56-28-39(37)49)59-45(61)32-6-11-51-26-32)22-47(3)21-30(9-14-63-47)24-53-33-7-12-52-40(16-33)36-18-42(55-27-38(36)48)58-44(60)31-5-4-10-50-25-31/h7,12,15-19,27-32,50-51H,4-6,8-11,13-14,20-26H2,1-3H3,(H,52,53)(H,54,57)(H,55,58,60)(H,56,59,61)/t29?,30?,31-,32-,47?/m1/s1. The highest BCUT2D eigenvalue weighted by molar-refractivity contribution is 6.33. The van der Waals surface area contributed by atoms with E-state index in [-0.39, 0.29) is 29.3 Å². The van der Waals surface area contributed by atoms with Crippen molar-refractivity contribution in [1.82, 2.24) is 30.6 Å². The van der Waals surface area contributed by atoms with Crippen molar-refractivity contribution in [2.24, 2.45) is 23.7 Å². The second-order valence-electron chi connectivity index (χ2n) is 18.5. The Morgan fingerprint density at radius 3 is 2.00 bits per heavy atom. The molecule has 336 valence electrons. The highest BCUT2D eigenvalue weighted by Gasteiger charge is 2.35. The summed E-state index contributed by atoms with van der Waals surface area (Å²) in [5.41, 5.74) is 4.90. The Morgan fingerprint density at radius 1 is 0.730 bits per heavy atom. The maximum absolute atomic E-state index is 13.0. The first-order chi connectivity index (χ1) is 30.4. The number of amides is 2. The maximum Gasteiger partial charge on any atom is 0.229 e. The summed E-state index contributed by atoms with van der Waals surface area (Å²) in [6.07, 6.45) is 11.8. The van der Waals surface area contributed by atoms with E-state index in [0.29, 0.717) is 82.1 Å². The van der Waals surface area contributed by atoms with Crippen molar-refractivity contribution in [1.29, 1.82) is 0 Å². The highest BCUT2D eigenvalue weighted by Crippen LogP contribution is 2.37. The zero-order valence-electron chi connectivity index (χ0n) is 36.5. The molecule has 4 fully saturated rings. The molecule has 4 aromatic heterocycles. The molecule has 16 heteroatoms. The molecule has 0 saturated carbocycles. The molecule has 0 aromatic carbocycles. The largest absolute Gasteiger partial charge is 0.385 e. The summed E-state index contributed by atoms with van der Waals surface area (Å²) < 4.78 is 12.6. The second-order valence-corrected chi connectivity index (χ2v) is 19.3. The van der Waals surface area contributed by atoms with Gasteiger partial charge >= 0.3 is 0 Å². The summed E-state index contributed by atoms with van der Waals surface area (Å²) in [6.45, 7) is 12.5. The third-order valence-corrected chi connectivity index (χ3v) is 13.3.